The molecule has 16 heavy (non-hydrogen) atoms. The topological polar surface area (TPSA) is 12.0 Å². The van der Waals surface area contributed by atoms with Gasteiger partial charge in [0.1, 0.15) is 0 Å². The lowest BCUT2D eigenvalue weighted by Gasteiger charge is -2.37. The van der Waals surface area contributed by atoms with Crippen molar-refractivity contribution in [1.82, 2.24) is 5.32 Å². The summed E-state index contributed by atoms with van der Waals surface area (Å²) in [6.45, 7) is 19.6. The second-order valence-corrected chi connectivity index (χ2v) is 4.76. The average molecular weight is 227 g/mol. The Kier molecular flexibility index (Phi) is 12.6. The van der Waals surface area contributed by atoms with E-state index in [1.807, 2.05) is 13.8 Å². The minimum absolute atomic E-state index is 0.580. The van der Waals surface area contributed by atoms with Crippen LogP contribution >= 0.6 is 0 Å². The normalized spacial score (nSPS) is 16.6. The number of piperidine rings is 1. The van der Waals surface area contributed by atoms with Crippen molar-refractivity contribution in [2.75, 3.05) is 13.1 Å². The van der Waals surface area contributed by atoms with Crippen molar-refractivity contribution in [1.29, 1.82) is 0 Å². The molecule has 0 amide bonds. The first-order valence-electron chi connectivity index (χ1n) is 6.87. The third-order valence-electron chi connectivity index (χ3n) is 3.34. The van der Waals surface area contributed by atoms with E-state index in [4.69, 9.17) is 0 Å². The number of nitrogens with one attached hydrogen (secondary N) is 1. The lowest BCUT2D eigenvalue weighted by molar-refractivity contribution is 0.152. The van der Waals surface area contributed by atoms with Crippen molar-refractivity contribution in [3.63, 3.8) is 0 Å². The summed E-state index contributed by atoms with van der Waals surface area (Å²) in [5.74, 6) is 0.957. The summed E-state index contributed by atoms with van der Waals surface area (Å²) in [6.07, 6.45) is 5.48. The minimum Gasteiger partial charge on any atom is -0.317 e. The molecule has 0 unspecified atom stereocenters. The highest BCUT2D eigenvalue weighted by molar-refractivity contribution is 4.81. The van der Waals surface area contributed by atoms with Gasteiger partial charge in [0, 0.05) is 0 Å². The zero-order chi connectivity index (χ0) is 13.0. The van der Waals surface area contributed by atoms with Gasteiger partial charge >= 0.3 is 0 Å². The summed E-state index contributed by atoms with van der Waals surface area (Å²) < 4.78 is 0. The maximum Gasteiger partial charge on any atom is -0.00461 e. The summed E-state index contributed by atoms with van der Waals surface area (Å²) in [4.78, 5) is 0. The van der Waals surface area contributed by atoms with Gasteiger partial charge in [0.25, 0.3) is 0 Å². The van der Waals surface area contributed by atoms with Crippen molar-refractivity contribution in [2.24, 2.45) is 11.3 Å². The molecule has 0 aromatic rings. The molecule has 1 N–H and O–H groups in total. The second-order valence-electron chi connectivity index (χ2n) is 4.76. The van der Waals surface area contributed by atoms with E-state index in [9.17, 15) is 0 Å². The molecule has 1 rings (SSSR count). The van der Waals surface area contributed by atoms with Crippen LogP contribution in [0.1, 0.15) is 60.3 Å². The van der Waals surface area contributed by atoms with Gasteiger partial charge in [-0.25, -0.2) is 0 Å². The van der Waals surface area contributed by atoms with Crippen LogP contribution in [0.5, 0.6) is 0 Å². The van der Waals surface area contributed by atoms with E-state index in [0.717, 1.165) is 5.92 Å². The van der Waals surface area contributed by atoms with E-state index in [0.29, 0.717) is 5.41 Å². The fourth-order valence-electron chi connectivity index (χ4n) is 2.45. The van der Waals surface area contributed by atoms with E-state index in [1.54, 1.807) is 0 Å². The van der Waals surface area contributed by atoms with Gasteiger partial charge in [-0.1, -0.05) is 41.0 Å². The molecule has 0 spiro atoms. The Labute approximate surface area is 104 Å². The van der Waals surface area contributed by atoms with Gasteiger partial charge in [-0.3, -0.25) is 0 Å². The largest absolute Gasteiger partial charge is 0.317 e. The van der Waals surface area contributed by atoms with Crippen LogP contribution in [0.2, 0.25) is 0 Å². The molecule has 0 aromatic carbocycles. The van der Waals surface area contributed by atoms with Crippen LogP contribution in [0.15, 0.2) is 13.2 Å². The molecule has 98 valence electrons. The Balaban J connectivity index is 0. The smallest absolute Gasteiger partial charge is 0.00461 e. The fourth-order valence-corrected chi connectivity index (χ4v) is 2.45. The molecule has 0 saturated carbocycles. The molecule has 1 saturated heterocycles. The van der Waals surface area contributed by atoms with Crippen LogP contribution in [0.3, 0.4) is 0 Å². The summed E-state index contributed by atoms with van der Waals surface area (Å²) >= 11 is 0. The van der Waals surface area contributed by atoms with Gasteiger partial charge in [-0.05, 0) is 43.7 Å². The number of hydrogen-bond acceptors (Lipinski definition) is 1. The standard InChI is InChI=1S/C11H23N.C2H6.C2H4/c1-4-7-11(2,3)10-5-8-12-9-6-10;2*1-2/h10,12H,4-9H2,1-3H3;1-2H3;1-2H2. The maximum atomic E-state index is 3.43. The minimum atomic E-state index is 0.580. The molecule has 1 heteroatoms. The predicted molar refractivity (Wildman–Crippen MR) is 76.9 cm³/mol. The van der Waals surface area contributed by atoms with Gasteiger partial charge in [0.15, 0.2) is 0 Å². The quantitative estimate of drug-likeness (QED) is 0.693. The van der Waals surface area contributed by atoms with Crippen LogP contribution < -0.4 is 5.32 Å². The van der Waals surface area contributed by atoms with E-state index in [-0.39, 0.29) is 0 Å². The van der Waals surface area contributed by atoms with Crippen LogP contribution in [0, 0.1) is 11.3 Å². The average Bonchev–Trinajstić information content (AvgIpc) is 2.35. The van der Waals surface area contributed by atoms with Crippen molar-refractivity contribution >= 4 is 0 Å². The first kappa shape index (κ1) is 18.1. The maximum absolute atomic E-state index is 3.43. The third-order valence-corrected chi connectivity index (χ3v) is 3.34. The lowest BCUT2D eigenvalue weighted by atomic mass is 9.71. The first-order chi connectivity index (χ1) is 7.67. The molecule has 0 radical (unpaired) electrons. The summed E-state index contributed by atoms with van der Waals surface area (Å²) in [7, 11) is 0. The molecule has 0 bridgehead atoms. The Bertz CT molecular complexity index is 134. The molecule has 1 aliphatic rings. The number of rotatable bonds is 3. The fraction of sp³-hybridized carbons (Fsp3) is 0.867. The van der Waals surface area contributed by atoms with Crippen molar-refractivity contribution in [3.05, 3.63) is 13.2 Å². The Morgan fingerprint density at radius 1 is 1.12 bits per heavy atom. The lowest BCUT2D eigenvalue weighted by Crippen LogP contribution is -2.35. The molecule has 0 aliphatic carbocycles. The first-order valence-corrected chi connectivity index (χ1v) is 6.87. The molecule has 0 aromatic heterocycles. The molecular formula is C15H33N. The van der Waals surface area contributed by atoms with Gasteiger partial charge in [-0.2, -0.15) is 0 Å². The van der Waals surface area contributed by atoms with Crippen molar-refractivity contribution in [3.8, 4) is 0 Å². The SMILES string of the molecule is C=C.CC.CCCC(C)(C)C1CCNCC1. The van der Waals surface area contributed by atoms with Gasteiger partial charge in [0.05, 0.1) is 0 Å². The van der Waals surface area contributed by atoms with E-state index >= 15 is 0 Å². The third kappa shape index (κ3) is 7.05. The Hall–Kier alpha value is -0.300. The van der Waals surface area contributed by atoms with Crippen LogP contribution in [-0.2, 0) is 0 Å². The highest BCUT2D eigenvalue weighted by Gasteiger charge is 2.29. The summed E-state index contributed by atoms with van der Waals surface area (Å²) in [5, 5.41) is 3.43. The van der Waals surface area contributed by atoms with Gasteiger partial charge in [-0.15, -0.1) is 13.2 Å². The zero-order valence-corrected chi connectivity index (χ0v) is 12.2. The molecule has 1 heterocycles. The van der Waals surface area contributed by atoms with E-state index in [2.05, 4.69) is 39.2 Å². The van der Waals surface area contributed by atoms with Crippen LogP contribution in [0.25, 0.3) is 0 Å². The molecule has 1 aliphatic heterocycles. The Morgan fingerprint density at radius 3 is 1.94 bits per heavy atom. The van der Waals surface area contributed by atoms with Crippen LogP contribution in [-0.4, -0.2) is 13.1 Å². The molecule has 1 fully saturated rings. The molecule has 0 atom stereocenters. The summed E-state index contributed by atoms with van der Waals surface area (Å²) in [5.41, 5.74) is 0.580. The van der Waals surface area contributed by atoms with Gasteiger partial charge in [0.2, 0.25) is 0 Å². The Morgan fingerprint density at radius 2 is 1.56 bits per heavy atom. The van der Waals surface area contributed by atoms with E-state index < -0.39 is 0 Å². The highest BCUT2D eigenvalue weighted by atomic mass is 14.9. The van der Waals surface area contributed by atoms with Crippen molar-refractivity contribution < 1.29 is 0 Å². The summed E-state index contributed by atoms with van der Waals surface area (Å²) in [6, 6.07) is 0. The molecule has 1 nitrogen and oxygen atoms in total. The van der Waals surface area contributed by atoms with Crippen molar-refractivity contribution in [2.45, 2.75) is 60.3 Å². The van der Waals surface area contributed by atoms with E-state index in [1.165, 1.54) is 38.8 Å². The monoisotopic (exact) mass is 227 g/mol. The van der Waals surface area contributed by atoms with Crippen LogP contribution in [0.4, 0.5) is 0 Å². The zero-order valence-electron chi connectivity index (χ0n) is 12.2. The second kappa shape index (κ2) is 11.2. The predicted octanol–water partition coefficient (Wildman–Crippen LogP) is 4.64. The molecular weight excluding hydrogens is 194 g/mol. The van der Waals surface area contributed by atoms with Gasteiger partial charge < -0.3 is 5.32 Å². The number of hydrogen-bond donors (Lipinski definition) is 1. The highest BCUT2D eigenvalue weighted by Crippen LogP contribution is 2.37.